The summed E-state index contributed by atoms with van der Waals surface area (Å²) in [5.74, 6) is -2.38. The second kappa shape index (κ2) is 5.19. The Hall–Kier alpha value is -0.590. The highest BCUT2D eigenvalue weighted by Crippen LogP contribution is 2.31. The van der Waals surface area contributed by atoms with Crippen molar-refractivity contribution in [2.45, 2.75) is 6.92 Å². The van der Waals surface area contributed by atoms with E-state index in [0.717, 1.165) is 26.8 Å². The predicted octanol–water partition coefficient (Wildman–Crippen LogP) is 5.09. The molecule has 94 valence electrons. The molecule has 1 aromatic heterocycles. The molecule has 0 spiro atoms. The minimum atomic E-state index is -0.873. The Balaban J connectivity index is 2.56. The Morgan fingerprint density at radius 3 is 2.50 bits per heavy atom. The van der Waals surface area contributed by atoms with Crippen molar-refractivity contribution in [1.29, 1.82) is 0 Å². The molecule has 2 aromatic rings. The largest absolute Gasteiger partial charge is 0.287 e. The normalized spacial score (nSPS) is 10.7. The van der Waals surface area contributed by atoms with Crippen molar-refractivity contribution in [3.8, 4) is 0 Å². The summed E-state index contributed by atoms with van der Waals surface area (Å²) in [7, 11) is 0. The fourth-order valence-electron chi connectivity index (χ4n) is 1.43. The van der Waals surface area contributed by atoms with Crippen LogP contribution in [0.3, 0.4) is 0 Å². The highest BCUT2D eigenvalue weighted by Gasteiger charge is 2.22. The van der Waals surface area contributed by atoms with Crippen molar-refractivity contribution in [1.82, 2.24) is 0 Å². The van der Waals surface area contributed by atoms with E-state index in [-0.39, 0.29) is 4.47 Å². The standard InChI is InChI=1S/C12H6Br2F2OS/c1-5-4-8(18-12(5)14)11(17)9-7(15)3-2-6(13)10(9)16/h2-4H,1H3. The Labute approximate surface area is 123 Å². The average Bonchev–Trinajstić information content (AvgIpc) is 2.65. The summed E-state index contributed by atoms with van der Waals surface area (Å²) in [4.78, 5) is 12.4. The van der Waals surface area contributed by atoms with Crippen LogP contribution in [0.15, 0.2) is 26.5 Å². The zero-order valence-corrected chi connectivity index (χ0v) is 13.0. The molecule has 0 aliphatic heterocycles. The summed E-state index contributed by atoms with van der Waals surface area (Å²) >= 11 is 7.38. The van der Waals surface area contributed by atoms with Crippen molar-refractivity contribution in [2.24, 2.45) is 0 Å². The molecular weight excluding hydrogens is 390 g/mol. The van der Waals surface area contributed by atoms with E-state index in [4.69, 9.17) is 0 Å². The van der Waals surface area contributed by atoms with Gasteiger partial charge in [-0.25, -0.2) is 8.78 Å². The molecule has 0 saturated heterocycles. The molecule has 0 saturated carbocycles. The highest BCUT2D eigenvalue weighted by atomic mass is 79.9. The molecule has 0 aliphatic rings. The van der Waals surface area contributed by atoms with Gasteiger partial charge in [0.05, 0.1) is 18.7 Å². The number of thiophene rings is 1. The second-order valence-electron chi connectivity index (χ2n) is 3.61. The van der Waals surface area contributed by atoms with Crippen LogP contribution >= 0.6 is 43.2 Å². The van der Waals surface area contributed by atoms with Crippen LogP contribution in [0.4, 0.5) is 8.78 Å². The number of hydrogen-bond donors (Lipinski definition) is 0. The lowest BCUT2D eigenvalue weighted by molar-refractivity contribution is 0.103. The Morgan fingerprint density at radius 1 is 1.28 bits per heavy atom. The van der Waals surface area contributed by atoms with E-state index >= 15 is 0 Å². The van der Waals surface area contributed by atoms with E-state index in [1.165, 1.54) is 6.07 Å². The molecule has 0 aliphatic carbocycles. The maximum atomic E-state index is 13.8. The van der Waals surface area contributed by atoms with Gasteiger partial charge in [0.15, 0.2) is 5.82 Å². The number of benzene rings is 1. The third kappa shape index (κ3) is 2.41. The van der Waals surface area contributed by atoms with Crippen molar-refractivity contribution in [3.63, 3.8) is 0 Å². The van der Waals surface area contributed by atoms with Gasteiger partial charge in [-0.15, -0.1) is 11.3 Å². The smallest absolute Gasteiger partial charge is 0.208 e. The quantitative estimate of drug-likeness (QED) is 0.511. The molecule has 1 nitrogen and oxygen atoms in total. The number of halogens is 4. The van der Waals surface area contributed by atoms with E-state index in [9.17, 15) is 13.6 Å². The van der Waals surface area contributed by atoms with Crippen LogP contribution in [0.1, 0.15) is 20.8 Å². The van der Waals surface area contributed by atoms with Crippen molar-refractivity contribution < 1.29 is 13.6 Å². The van der Waals surface area contributed by atoms with E-state index in [1.54, 1.807) is 6.07 Å². The molecular formula is C12H6Br2F2OS. The Bertz CT molecular complexity index is 618. The van der Waals surface area contributed by atoms with Gasteiger partial charge in [0.2, 0.25) is 5.78 Å². The van der Waals surface area contributed by atoms with E-state index in [0.29, 0.717) is 4.88 Å². The molecule has 0 fully saturated rings. The van der Waals surface area contributed by atoms with Gasteiger partial charge in [-0.2, -0.15) is 0 Å². The van der Waals surface area contributed by atoms with Gasteiger partial charge in [0.25, 0.3) is 0 Å². The summed E-state index contributed by atoms with van der Waals surface area (Å²) in [5, 5.41) is 0. The summed E-state index contributed by atoms with van der Waals surface area (Å²) in [6, 6.07) is 3.91. The van der Waals surface area contributed by atoms with Crippen LogP contribution in [0, 0.1) is 18.6 Å². The molecule has 0 unspecified atom stereocenters. The number of carbonyl (C=O) groups is 1. The molecule has 6 heteroatoms. The first-order valence-corrected chi connectivity index (χ1v) is 7.26. The number of ketones is 1. The number of carbonyl (C=O) groups excluding carboxylic acids is 1. The van der Waals surface area contributed by atoms with Gasteiger partial charge in [0.1, 0.15) is 5.82 Å². The van der Waals surface area contributed by atoms with Crippen LogP contribution in [0.5, 0.6) is 0 Å². The van der Waals surface area contributed by atoms with Crippen LogP contribution in [0.25, 0.3) is 0 Å². The molecule has 2 rings (SSSR count). The van der Waals surface area contributed by atoms with Gasteiger partial charge < -0.3 is 0 Å². The summed E-state index contributed by atoms with van der Waals surface area (Å²) in [5.41, 5.74) is 0.331. The van der Waals surface area contributed by atoms with Gasteiger partial charge >= 0.3 is 0 Å². The third-order valence-electron chi connectivity index (χ3n) is 2.35. The number of hydrogen-bond acceptors (Lipinski definition) is 2. The maximum Gasteiger partial charge on any atom is 0.208 e. The minimum absolute atomic E-state index is 0.0691. The lowest BCUT2D eigenvalue weighted by atomic mass is 10.1. The molecule has 18 heavy (non-hydrogen) atoms. The zero-order valence-electron chi connectivity index (χ0n) is 9.06. The highest BCUT2D eigenvalue weighted by molar-refractivity contribution is 9.11. The fraction of sp³-hybridized carbons (Fsp3) is 0.0833. The van der Waals surface area contributed by atoms with Crippen LogP contribution < -0.4 is 0 Å². The van der Waals surface area contributed by atoms with E-state index in [1.807, 2.05) is 6.92 Å². The van der Waals surface area contributed by atoms with E-state index < -0.39 is 23.0 Å². The summed E-state index contributed by atoms with van der Waals surface area (Å²) in [6.07, 6.45) is 0. The van der Waals surface area contributed by atoms with Crippen molar-refractivity contribution >= 4 is 49.0 Å². The topological polar surface area (TPSA) is 17.1 Å². The first-order valence-electron chi connectivity index (χ1n) is 4.86. The summed E-state index contributed by atoms with van der Waals surface area (Å²) < 4.78 is 28.2. The van der Waals surface area contributed by atoms with Gasteiger partial charge in [-0.05, 0) is 62.5 Å². The second-order valence-corrected chi connectivity index (χ2v) is 6.84. The third-order valence-corrected chi connectivity index (χ3v) is 5.10. The van der Waals surface area contributed by atoms with Gasteiger partial charge in [-0.1, -0.05) is 0 Å². The van der Waals surface area contributed by atoms with Crippen molar-refractivity contribution in [3.05, 3.63) is 54.1 Å². The fourth-order valence-corrected chi connectivity index (χ4v) is 3.24. The van der Waals surface area contributed by atoms with E-state index in [2.05, 4.69) is 31.9 Å². The lowest BCUT2D eigenvalue weighted by Crippen LogP contribution is -2.06. The van der Waals surface area contributed by atoms with Crippen LogP contribution in [-0.2, 0) is 0 Å². The predicted molar refractivity (Wildman–Crippen MR) is 74.2 cm³/mol. The molecule has 1 heterocycles. The van der Waals surface area contributed by atoms with Gasteiger partial charge in [0, 0.05) is 0 Å². The SMILES string of the molecule is Cc1cc(C(=O)c2c(F)ccc(Br)c2F)sc1Br. The molecule has 0 radical (unpaired) electrons. The Morgan fingerprint density at radius 2 is 1.94 bits per heavy atom. The number of aryl methyl sites for hydroxylation is 1. The first-order chi connectivity index (χ1) is 8.41. The Kier molecular flexibility index (Phi) is 3.99. The van der Waals surface area contributed by atoms with Gasteiger partial charge in [-0.3, -0.25) is 4.79 Å². The monoisotopic (exact) mass is 394 g/mol. The first kappa shape index (κ1) is 13.8. The zero-order chi connectivity index (χ0) is 13.4. The molecule has 0 bridgehead atoms. The minimum Gasteiger partial charge on any atom is -0.287 e. The van der Waals surface area contributed by atoms with Crippen LogP contribution in [0.2, 0.25) is 0 Å². The average molecular weight is 396 g/mol. The maximum absolute atomic E-state index is 13.8. The summed E-state index contributed by atoms with van der Waals surface area (Å²) in [6.45, 7) is 1.81. The molecule has 0 N–H and O–H groups in total. The molecule has 0 amide bonds. The lowest BCUT2D eigenvalue weighted by Gasteiger charge is -2.03. The van der Waals surface area contributed by atoms with Crippen LogP contribution in [-0.4, -0.2) is 5.78 Å². The number of rotatable bonds is 2. The molecule has 0 atom stereocenters. The molecule has 1 aromatic carbocycles. The van der Waals surface area contributed by atoms with Crippen molar-refractivity contribution in [2.75, 3.05) is 0 Å².